The maximum absolute atomic E-state index is 14.1. The number of ether oxygens (including phenoxy) is 3. The van der Waals surface area contributed by atoms with E-state index < -0.39 is 24.1 Å². The molecule has 0 unspecified atom stereocenters. The lowest BCUT2D eigenvalue weighted by atomic mass is 9.81. The third-order valence-electron chi connectivity index (χ3n) is 8.64. The largest absolute Gasteiger partial charge is 0.453 e. The van der Waals surface area contributed by atoms with Gasteiger partial charge < -0.3 is 30.2 Å². The zero-order valence-electron chi connectivity index (χ0n) is 27.5. The maximum atomic E-state index is 14.1. The molecule has 0 bridgehead atoms. The van der Waals surface area contributed by atoms with Crippen LogP contribution in [0, 0.1) is 5.82 Å². The van der Waals surface area contributed by atoms with Crippen molar-refractivity contribution in [2.75, 3.05) is 26.9 Å². The van der Waals surface area contributed by atoms with Gasteiger partial charge in [-0.3, -0.25) is 4.79 Å². The molecule has 256 valence electrons. The number of carbonyl (C=O) groups excluding carboxylic acids is 3. The molecular formula is C39H42FN3O6. The van der Waals surface area contributed by atoms with Gasteiger partial charge in [-0.1, -0.05) is 103 Å². The minimum Gasteiger partial charge on any atom is -0.453 e. The van der Waals surface area contributed by atoms with Gasteiger partial charge >= 0.3 is 12.2 Å². The molecule has 1 heterocycles. The summed E-state index contributed by atoms with van der Waals surface area (Å²) in [5, 5.41) is 8.78. The number of alkyl carbamates (subject to hydrolysis) is 2. The Balaban J connectivity index is 1.16. The van der Waals surface area contributed by atoms with E-state index in [0.29, 0.717) is 25.1 Å². The molecule has 4 aromatic carbocycles. The van der Waals surface area contributed by atoms with Crippen LogP contribution in [0.15, 0.2) is 109 Å². The minimum atomic E-state index is -0.864. The molecule has 1 saturated heterocycles. The fraction of sp³-hybridized carbons (Fsp3) is 0.308. The number of hydrogen-bond acceptors (Lipinski definition) is 7. The number of nitrogens with one attached hydrogen (secondary N) is 3. The molecule has 4 aromatic rings. The van der Waals surface area contributed by atoms with Crippen molar-refractivity contribution in [3.63, 3.8) is 0 Å². The van der Waals surface area contributed by atoms with Crippen LogP contribution in [-0.2, 0) is 38.4 Å². The Hall–Kier alpha value is -5.06. The molecular weight excluding hydrogens is 625 g/mol. The van der Waals surface area contributed by atoms with Crippen molar-refractivity contribution in [1.29, 1.82) is 0 Å². The first-order chi connectivity index (χ1) is 23.9. The summed E-state index contributed by atoms with van der Waals surface area (Å²) >= 11 is 0. The van der Waals surface area contributed by atoms with E-state index in [4.69, 9.17) is 14.2 Å². The van der Waals surface area contributed by atoms with Crippen LogP contribution in [0.3, 0.4) is 0 Å². The van der Waals surface area contributed by atoms with E-state index in [1.54, 1.807) is 18.2 Å². The molecule has 5 rings (SSSR count). The monoisotopic (exact) mass is 667 g/mol. The number of morpholine rings is 1. The van der Waals surface area contributed by atoms with Crippen LogP contribution >= 0.6 is 0 Å². The van der Waals surface area contributed by atoms with E-state index in [1.165, 1.54) is 13.2 Å². The number of ketones is 1. The van der Waals surface area contributed by atoms with E-state index in [0.717, 1.165) is 28.7 Å². The molecule has 1 aliphatic rings. The Morgan fingerprint density at radius 2 is 1.45 bits per heavy atom. The van der Waals surface area contributed by atoms with E-state index in [9.17, 15) is 18.8 Å². The lowest BCUT2D eigenvalue weighted by Crippen LogP contribution is -2.49. The second-order valence-electron chi connectivity index (χ2n) is 12.0. The Morgan fingerprint density at radius 3 is 2.06 bits per heavy atom. The minimum absolute atomic E-state index is 0.0400. The number of Topliss-reactive ketones (excluding diaryl/α,β-unsaturated/α-hetero) is 1. The zero-order valence-corrected chi connectivity index (χ0v) is 27.5. The molecule has 0 saturated carbocycles. The second-order valence-corrected chi connectivity index (χ2v) is 12.0. The van der Waals surface area contributed by atoms with Gasteiger partial charge in [0.15, 0.2) is 5.78 Å². The third kappa shape index (κ3) is 10.2. The number of benzene rings is 4. The first-order valence-electron chi connectivity index (χ1n) is 16.4. The van der Waals surface area contributed by atoms with Crippen molar-refractivity contribution in [3.05, 3.63) is 143 Å². The van der Waals surface area contributed by atoms with Gasteiger partial charge in [-0.2, -0.15) is 0 Å². The van der Waals surface area contributed by atoms with Crippen LogP contribution in [0.25, 0.3) is 0 Å². The third-order valence-corrected chi connectivity index (χ3v) is 8.64. The first kappa shape index (κ1) is 35.3. The molecule has 9 nitrogen and oxygen atoms in total. The highest BCUT2D eigenvalue weighted by atomic mass is 19.1. The summed E-state index contributed by atoms with van der Waals surface area (Å²) in [6, 6.07) is 32.4. The molecule has 0 spiro atoms. The molecule has 10 heteroatoms. The molecule has 3 atom stereocenters. The van der Waals surface area contributed by atoms with E-state index >= 15 is 0 Å². The van der Waals surface area contributed by atoms with Gasteiger partial charge in [0.05, 0.1) is 25.9 Å². The highest BCUT2D eigenvalue weighted by molar-refractivity contribution is 5.91. The van der Waals surface area contributed by atoms with Crippen molar-refractivity contribution in [2.24, 2.45) is 0 Å². The van der Waals surface area contributed by atoms with Crippen LogP contribution in [0.2, 0.25) is 0 Å². The summed E-state index contributed by atoms with van der Waals surface area (Å²) in [7, 11) is 1.29. The van der Waals surface area contributed by atoms with Crippen LogP contribution in [-0.4, -0.2) is 63.0 Å². The Kier molecular flexibility index (Phi) is 12.9. The topological polar surface area (TPSA) is 115 Å². The number of aryl methyl sites for hydroxylation is 1. The lowest BCUT2D eigenvalue weighted by Gasteiger charge is -2.30. The molecule has 0 aromatic heterocycles. The zero-order chi connectivity index (χ0) is 34.4. The SMILES string of the molecule is COC(=O)N[C@H](C(=O)Cc1ccccc1CC[C@@H]1CN[C@H](COC(=O)NCc2ccccc2F)CO1)C(c1ccccc1)c1ccccc1. The van der Waals surface area contributed by atoms with Crippen molar-refractivity contribution < 1.29 is 33.0 Å². The van der Waals surface area contributed by atoms with Gasteiger partial charge in [0.1, 0.15) is 18.5 Å². The van der Waals surface area contributed by atoms with Gasteiger partial charge in [-0.05, 0) is 41.2 Å². The molecule has 2 amide bonds. The van der Waals surface area contributed by atoms with E-state index in [-0.39, 0.29) is 43.3 Å². The Morgan fingerprint density at radius 1 is 0.837 bits per heavy atom. The summed E-state index contributed by atoms with van der Waals surface area (Å²) in [5.74, 6) is -0.936. The Bertz CT molecular complexity index is 1620. The van der Waals surface area contributed by atoms with Gasteiger partial charge in [-0.15, -0.1) is 0 Å². The highest BCUT2D eigenvalue weighted by Crippen LogP contribution is 2.30. The molecule has 49 heavy (non-hydrogen) atoms. The summed E-state index contributed by atoms with van der Waals surface area (Å²) < 4.78 is 30.1. The van der Waals surface area contributed by atoms with Crippen molar-refractivity contribution in [3.8, 4) is 0 Å². The van der Waals surface area contributed by atoms with Crippen molar-refractivity contribution in [1.82, 2.24) is 16.0 Å². The number of halogens is 1. The Labute approximate surface area is 286 Å². The number of methoxy groups -OCH3 is 1. The number of rotatable bonds is 14. The first-order valence-corrected chi connectivity index (χ1v) is 16.4. The van der Waals surface area contributed by atoms with E-state index in [1.807, 2.05) is 84.9 Å². The highest BCUT2D eigenvalue weighted by Gasteiger charge is 2.33. The summed E-state index contributed by atoms with van der Waals surface area (Å²) in [6.07, 6.45) is 0.173. The average molecular weight is 668 g/mol. The fourth-order valence-electron chi connectivity index (χ4n) is 6.02. The summed E-state index contributed by atoms with van der Waals surface area (Å²) in [4.78, 5) is 38.8. The number of hydrogen-bond donors (Lipinski definition) is 3. The second kappa shape index (κ2) is 17.9. The normalized spacial score (nSPS) is 16.4. The lowest BCUT2D eigenvalue weighted by molar-refractivity contribution is -0.120. The van der Waals surface area contributed by atoms with Crippen molar-refractivity contribution >= 4 is 18.0 Å². The predicted molar refractivity (Wildman–Crippen MR) is 184 cm³/mol. The quantitative estimate of drug-likeness (QED) is 0.158. The molecule has 3 N–H and O–H groups in total. The van der Waals surface area contributed by atoms with Gasteiger partial charge in [0.25, 0.3) is 0 Å². The molecule has 1 aliphatic heterocycles. The predicted octanol–water partition coefficient (Wildman–Crippen LogP) is 5.71. The fourth-order valence-corrected chi connectivity index (χ4v) is 6.02. The van der Waals surface area contributed by atoms with Gasteiger partial charge in [0, 0.05) is 31.0 Å². The van der Waals surface area contributed by atoms with Gasteiger partial charge in [-0.25, -0.2) is 14.0 Å². The van der Waals surface area contributed by atoms with Crippen molar-refractivity contribution in [2.45, 2.75) is 49.9 Å². The standard InChI is InChI=1S/C39H42FN3O6/c1-47-39(46)43-37(36(28-13-4-2-5-14-28)29-15-6-3-7-16-29)35(44)22-30-17-9-8-12-27(30)20-21-33-24-41-32(25-48-33)26-49-38(45)42-23-31-18-10-11-19-34(31)40/h2-19,32-33,36-37,41H,20-26H2,1H3,(H,42,45)(H,43,46)/t32-,33+,37+/m0/s1. The van der Waals surface area contributed by atoms with E-state index in [2.05, 4.69) is 16.0 Å². The maximum Gasteiger partial charge on any atom is 0.407 e. The molecule has 0 aliphatic carbocycles. The summed E-state index contributed by atoms with van der Waals surface area (Å²) in [6.45, 7) is 1.10. The smallest absolute Gasteiger partial charge is 0.407 e. The van der Waals surface area contributed by atoms with Crippen LogP contribution < -0.4 is 16.0 Å². The van der Waals surface area contributed by atoms with Gasteiger partial charge in [0.2, 0.25) is 0 Å². The molecule has 0 radical (unpaired) electrons. The molecule has 1 fully saturated rings. The number of carbonyl (C=O) groups is 3. The van der Waals surface area contributed by atoms with Crippen LogP contribution in [0.5, 0.6) is 0 Å². The van der Waals surface area contributed by atoms with Crippen LogP contribution in [0.4, 0.5) is 14.0 Å². The van der Waals surface area contributed by atoms with Crippen LogP contribution in [0.1, 0.15) is 40.2 Å². The average Bonchev–Trinajstić information content (AvgIpc) is 3.14. The number of amides is 2. The summed E-state index contributed by atoms with van der Waals surface area (Å²) in [5.41, 5.74) is 4.12.